The quantitative estimate of drug-likeness (QED) is 0.708. The van der Waals surface area contributed by atoms with Gasteiger partial charge in [-0.05, 0) is 37.0 Å². The summed E-state index contributed by atoms with van der Waals surface area (Å²) in [5, 5.41) is 12.2. The third kappa shape index (κ3) is 5.98. The number of benzene rings is 1. The first-order chi connectivity index (χ1) is 11.2. The lowest BCUT2D eigenvalue weighted by Crippen LogP contribution is -2.12. The molecule has 0 saturated heterocycles. The molecule has 0 atom stereocenters. The van der Waals surface area contributed by atoms with E-state index in [0.717, 1.165) is 30.0 Å². The number of anilines is 1. The lowest BCUT2D eigenvalue weighted by molar-refractivity contribution is -0.116. The minimum absolute atomic E-state index is 0.0503. The van der Waals surface area contributed by atoms with E-state index in [4.69, 9.17) is 4.74 Å². The van der Waals surface area contributed by atoms with E-state index < -0.39 is 0 Å². The predicted molar refractivity (Wildman–Crippen MR) is 93.1 cm³/mol. The SMILES string of the molecule is CCCc1ccc(OCCCC(=O)Nc2nnc(CC)s2)cc1. The van der Waals surface area contributed by atoms with Crippen molar-refractivity contribution >= 4 is 22.4 Å². The van der Waals surface area contributed by atoms with Crippen molar-refractivity contribution in [2.45, 2.75) is 46.0 Å². The summed E-state index contributed by atoms with van der Waals surface area (Å²) in [6.45, 7) is 4.70. The Morgan fingerprint density at radius 3 is 2.65 bits per heavy atom. The van der Waals surface area contributed by atoms with Gasteiger partial charge < -0.3 is 10.1 Å². The molecule has 0 saturated carbocycles. The first-order valence-electron chi connectivity index (χ1n) is 8.05. The molecule has 1 aromatic heterocycles. The fraction of sp³-hybridized carbons (Fsp3) is 0.471. The van der Waals surface area contributed by atoms with Gasteiger partial charge in [-0.3, -0.25) is 4.79 Å². The van der Waals surface area contributed by atoms with Crippen LogP contribution in [-0.4, -0.2) is 22.7 Å². The van der Waals surface area contributed by atoms with E-state index in [-0.39, 0.29) is 5.91 Å². The van der Waals surface area contributed by atoms with Crippen LogP contribution >= 0.6 is 11.3 Å². The summed E-state index contributed by atoms with van der Waals surface area (Å²) in [6.07, 6.45) is 4.14. The molecule has 124 valence electrons. The van der Waals surface area contributed by atoms with Gasteiger partial charge in [0.15, 0.2) is 0 Å². The number of rotatable bonds is 9. The Balaban J connectivity index is 1.65. The number of amides is 1. The fourth-order valence-electron chi connectivity index (χ4n) is 2.09. The van der Waals surface area contributed by atoms with Crippen LogP contribution in [0.25, 0.3) is 0 Å². The van der Waals surface area contributed by atoms with Crippen molar-refractivity contribution in [1.82, 2.24) is 10.2 Å². The fourth-order valence-corrected chi connectivity index (χ4v) is 2.79. The van der Waals surface area contributed by atoms with Crippen molar-refractivity contribution in [3.05, 3.63) is 34.8 Å². The summed E-state index contributed by atoms with van der Waals surface area (Å²) >= 11 is 1.42. The van der Waals surface area contributed by atoms with Crippen molar-refractivity contribution in [2.75, 3.05) is 11.9 Å². The molecule has 0 fully saturated rings. The summed E-state index contributed by atoms with van der Waals surface area (Å²) in [5.74, 6) is 0.799. The van der Waals surface area contributed by atoms with Crippen molar-refractivity contribution in [3.63, 3.8) is 0 Å². The maximum atomic E-state index is 11.8. The predicted octanol–water partition coefficient (Wildman–Crippen LogP) is 3.85. The van der Waals surface area contributed by atoms with Gasteiger partial charge in [-0.15, -0.1) is 10.2 Å². The summed E-state index contributed by atoms with van der Waals surface area (Å²) < 4.78 is 5.66. The van der Waals surface area contributed by atoms with Crippen LogP contribution in [0, 0.1) is 0 Å². The molecule has 1 N–H and O–H groups in total. The standard InChI is InChI=1S/C17H23N3O2S/c1-3-6-13-8-10-14(11-9-13)22-12-5-7-15(21)18-17-20-19-16(4-2)23-17/h8-11H,3-7,12H2,1-2H3,(H,18,20,21). The summed E-state index contributed by atoms with van der Waals surface area (Å²) in [5.41, 5.74) is 1.32. The highest BCUT2D eigenvalue weighted by Crippen LogP contribution is 2.16. The van der Waals surface area contributed by atoms with E-state index >= 15 is 0 Å². The van der Waals surface area contributed by atoms with E-state index in [9.17, 15) is 4.79 Å². The molecular weight excluding hydrogens is 310 g/mol. The Labute approximate surface area is 141 Å². The second-order valence-corrected chi connectivity index (χ2v) is 6.31. The maximum absolute atomic E-state index is 11.8. The average molecular weight is 333 g/mol. The number of aryl methyl sites for hydroxylation is 2. The van der Waals surface area contributed by atoms with Crippen molar-refractivity contribution < 1.29 is 9.53 Å². The number of carbonyl (C=O) groups is 1. The molecule has 0 unspecified atom stereocenters. The zero-order chi connectivity index (χ0) is 16.5. The molecule has 0 radical (unpaired) electrons. The highest BCUT2D eigenvalue weighted by molar-refractivity contribution is 7.15. The van der Waals surface area contributed by atoms with E-state index in [0.29, 0.717) is 24.6 Å². The van der Waals surface area contributed by atoms with Crippen molar-refractivity contribution in [3.8, 4) is 5.75 Å². The smallest absolute Gasteiger partial charge is 0.226 e. The Morgan fingerprint density at radius 2 is 2.00 bits per heavy atom. The lowest BCUT2D eigenvalue weighted by atomic mass is 10.1. The minimum atomic E-state index is -0.0503. The van der Waals surface area contributed by atoms with Crippen LogP contribution in [0.3, 0.4) is 0 Å². The third-order valence-corrected chi connectivity index (χ3v) is 4.28. The molecule has 1 heterocycles. The molecule has 5 nitrogen and oxygen atoms in total. The van der Waals surface area contributed by atoms with Crippen LogP contribution in [0.2, 0.25) is 0 Å². The van der Waals surface area contributed by atoms with Gasteiger partial charge in [-0.1, -0.05) is 43.7 Å². The highest BCUT2D eigenvalue weighted by atomic mass is 32.1. The van der Waals surface area contributed by atoms with E-state index in [2.05, 4.69) is 34.6 Å². The lowest BCUT2D eigenvalue weighted by Gasteiger charge is -2.07. The summed E-state index contributed by atoms with van der Waals surface area (Å²) in [7, 11) is 0. The summed E-state index contributed by atoms with van der Waals surface area (Å²) in [6, 6.07) is 8.15. The number of nitrogens with one attached hydrogen (secondary N) is 1. The molecule has 0 aliphatic heterocycles. The molecule has 1 amide bonds. The Bertz CT molecular complexity index is 611. The van der Waals surface area contributed by atoms with Crippen LogP contribution in [-0.2, 0) is 17.6 Å². The zero-order valence-corrected chi connectivity index (χ0v) is 14.5. The Kier molecular flexibility index (Phi) is 7.00. The average Bonchev–Trinajstić information content (AvgIpc) is 3.01. The summed E-state index contributed by atoms with van der Waals surface area (Å²) in [4.78, 5) is 11.8. The highest BCUT2D eigenvalue weighted by Gasteiger charge is 2.07. The number of ether oxygens (including phenoxy) is 1. The van der Waals surface area contributed by atoms with E-state index in [1.165, 1.54) is 16.9 Å². The number of hydrogen-bond acceptors (Lipinski definition) is 5. The Morgan fingerprint density at radius 1 is 1.22 bits per heavy atom. The van der Waals surface area contributed by atoms with Crippen LogP contribution in [0.4, 0.5) is 5.13 Å². The molecule has 2 aromatic rings. The number of aromatic nitrogens is 2. The Hall–Kier alpha value is -1.95. The monoisotopic (exact) mass is 333 g/mol. The minimum Gasteiger partial charge on any atom is -0.494 e. The van der Waals surface area contributed by atoms with Crippen molar-refractivity contribution in [1.29, 1.82) is 0 Å². The third-order valence-electron chi connectivity index (χ3n) is 3.29. The number of hydrogen-bond donors (Lipinski definition) is 1. The molecule has 0 bridgehead atoms. The van der Waals surface area contributed by atoms with Gasteiger partial charge in [0.05, 0.1) is 6.61 Å². The van der Waals surface area contributed by atoms with Gasteiger partial charge in [-0.2, -0.15) is 0 Å². The van der Waals surface area contributed by atoms with Gasteiger partial charge in [0.2, 0.25) is 11.0 Å². The van der Waals surface area contributed by atoms with Gasteiger partial charge in [0.1, 0.15) is 10.8 Å². The molecule has 0 aliphatic rings. The van der Waals surface area contributed by atoms with Gasteiger partial charge in [-0.25, -0.2) is 0 Å². The maximum Gasteiger partial charge on any atom is 0.226 e. The zero-order valence-electron chi connectivity index (χ0n) is 13.7. The molecular formula is C17H23N3O2S. The number of carbonyl (C=O) groups excluding carboxylic acids is 1. The number of nitrogens with zero attached hydrogens (tertiary/aromatic N) is 2. The molecule has 23 heavy (non-hydrogen) atoms. The molecule has 1 aromatic carbocycles. The second-order valence-electron chi connectivity index (χ2n) is 5.25. The normalized spacial score (nSPS) is 10.5. The largest absolute Gasteiger partial charge is 0.494 e. The molecule has 0 aliphatic carbocycles. The molecule has 2 rings (SSSR count). The van der Waals surface area contributed by atoms with E-state index in [1.54, 1.807) is 0 Å². The van der Waals surface area contributed by atoms with Crippen LogP contribution in [0.1, 0.15) is 43.7 Å². The van der Waals surface area contributed by atoms with Crippen LogP contribution in [0.15, 0.2) is 24.3 Å². The molecule has 6 heteroatoms. The first-order valence-corrected chi connectivity index (χ1v) is 8.87. The van der Waals surface area contributed by atoms with Crippen LogP contribution < -0.4 is 10.1 Å². The van der Waals surface area contributed by atoms with Gasteiger partial charge in [0, 0.05) is 6.42 Å². The van der Waals surface area contributed by atoms with Gasteiger partial charge in [0.25, 0.3) is 0 Å². The topological polar surface area (TPSA) is 64.1 Å². The van der Waals surface area contributed by atoms with Crippen molar-refractivity contribution in [2.24, 2.45) is 0 Å². The molecule has 0 spiro atoms. The van der Waals surface area contributed by atoms with Gasteiger partial charge >= 0.3 is 0 Å². The second kappa shape index (κ2) is 9.25. The first kappa shape index (κ1) is 17.4. The van der Waals surface area contributed by atoms with Crippen LogP contribution in [0.5, 0.6) is 5.75 Å². The van der Waals surface area contributed by atoms with E-state index in [1.807, 2.05) is 19.1 Å².